The predicted molar refractivity (Wildman–Crippen MR) is 67.1 cm³/mol. The molecule has 0 aliphatic carbocycles. The Morgan fingerprint density at radius 1 is 1.59 bits per heavy atom. The average molecular weight is 249 g/mol. The molecule has 0 spiro atoms. The van der Waals surface area contributed by atoms with Crippen LogP contribution in [0, 0.1) is 0 Å². The number of methoxy groups -OCH3 is 1. The highest BCUT2D eigenvalue weighted by Crippen LogP contribution is 2.27. The zero-order chi connectivity index (χ0) is 12.4. The van der Waals surface area contributed by atoms with Gasteiger partial charge in [-0.05, 0) is 24.4 Å². The maximum atomic E-state index is 11.4. The highest BCUT2D eigenvalue weighted by molar-refractivity contribution is 7.10. The molecule has 0 fully saturated rings. The summed E-state index contributed by atoms with van der Waals surface area (Å²) < 4.78 is 4.60. The summed E-state index contributed by atoms with van der Waals surface area (Å²) in [7, 11) is 1.27. The lowest BCUT2D eigenvalue weighted by Gasteiger charge is -1.99. The molecule has 0 bridgehead atoms. The fourth-order valence-corrected chi connectivity index (χ4v) is 2.20. The van der Waals surface area contributed by atoms with Gasteiger partial charge in [0.1, 0.15) is 11.3 Å². The van der Waals surface area contributed by atoms with E-state index >= 15 is 0 Å². The van der Waals surface area contributed by atoms with Crippen LogP contribution in [0.2, 0.25) is 0 Å². The number of aliphatic imine (C=N–C) groups is 1. The van der Waals surface area contributed by atoms with Crippen molar-refractivity contribution in [3.63, 3.8) is 0 Å². The van der Waals surface area contributed by atoms with Crippen molar-refractivity contribution in [2.45, 2.75) is 6.92 Å². The van der Waals surface area contributed by atoms with Crippen LogP contribution < -0.4 is 0 Å². The van der Waals surface area contributed by atoms with Crippen LogP contribution in [-0.2, 0) is 9.53 Å². The molecule has 1 aliphatic heterocycles. The maximum Gasteiger partial charge on any atom is 0.343 e. The van der Waals surface area contributed by atoms with Crippen LogP contribution in [0.4, 0.5) is 0 Å². The third-order valence-corrected chi connectivity index (χ3v) is 3.16. The number of thiophene rings is 1. The lowest BCUT2D eigenvalue weighted by Crippen LogP contribution is -2.11. The molecule has 0 saturated carbocycles. The number of ether oxygens (including phenoxy) is 1. The first-order valence-corrected chi connectivity index (χ1v) is 5.84. The van der Waals surface area contributed by atoms with E-state index in [1.165, 1.54) is 18.4 Å². The van der Waals surface area contributed by atoms with Crippen molar-refractivity contribution in [1.82, 2.24) is 0 Å². The molecule has 4 nitrogen and oxygen atoms in total. The second-order valence-electron chi connectivity index (χ2n) is 3.46. The molecule has 88 valence electrons. The summed E-state index contributed by atoms with van der Waals surface area (Å²) in [4.78, 5) is 16.6. The van der Waals surface area contributed by atoms with Crippen LogP contribution >= 0.6 is 11.3 Å². The van der Waals surface area contributed by atoms with Gasteiger partial charge in [-0.2, -0.15) is 0 Å². The van der Waals surface area contributed by atoms with Gasteiger partial charge < -0.3 is 9.84 Å². The number of esters is 1. The van der Waals surface area contributed by atoms with Crippen molar-refractivity contribution < 1.29 is 14.6 Å². The fourth-order valence-electron chi connectivity index (χ4n) is 1.54. The summed E-state index contributed by atoms with van der Waals surface area (Å²) in [6.45, 7) is 1.66. The molecular weight excluding hydrogens is 238 g/mol. The average Bonchev–Trinajstić information content (AvgIpc) is 2.89. The second kappa shape index (κ2) is 4.55. The molecule has 17 heavy (non-hydrogen) atoms. The molecule has 1 N–H and O–H groups in total. The molecule has 1 aliphatic rings. The van der Waals surface area contributed by atoms with Crippen LogP contribution in [0.5, 0.6) is 0 Å². The Kier molecular flexibility index (Phi) is 3.10. The monoisotopic (exact) mass is 249 g/mol. The SMILES string of the molecule is COC(=O)C1=C(O)C(=Cc2cccs2)N=C1C. The summed E-state index contributed by atoms with van der Waals surface area (Å²) >= 11 is 1.53. The van der Waals surface area contributed by atoms with Crippen molar-refractivity contribution >= 4 is 29.1 Å². The van der Waals surface area contributed by atoms with Gasteiger partial charge in [-0.15, -0.1) is 11.3 Å². The van der Waals surface area contributed by atoms with Crippen LogP contribution in [0.1, 0.15) is 11.8 Å². The molecule has 0 atom stereocenters. The number of aliphatic hydroxyl groups excluding tert-OH is 1. The zero-order valence-corrected chi connectivity index (χ0v) is 10.2. The van der Waals surface area contributed by atoms with Crippen molar-refractivity contribution in [3.8, 4) is 0 Å². The van der Waals surface area contributed by atoms with E-state index in [2.05, 4.69) is 9.73 Å². The Bertz CT molecular complexity index is 538. The van der Waals surface area contributed by atoms with Gasteiger partial charge >= 0.3 is 5.97 Å². The topological polar surface area (TPSA) is 58.9 Å². The van der Waals surface area contributed by atoms with E-state index in [0.29, 0.717) is 11.4 Å². The van der Waals surface area contributed by atoms with Crippen molar-refractivity contribution in [2.24, 2.45) is 4.99 Å². The number of carbonyl (C=O) groups excluding carboxylic acids is 1. The lowest BCUT2D eigenvalue weighted by molar-refractivity contribution is -0.135. The Morgan fingerprint density at radius 2 is 2.35 bits per heavy atom. The van der Waals surface area contributed by atoms with Gasteiger partial charge in [-0.25, -0.2) is 9.79 Å². The van der Waals surface area contributed by atoms with Crippen molar-refractivity contribution in [3.05, 3.63) is 39.4 Å². The third kappa shape index (κ3) is 2.14. The molecule has 5 heteroatoms. The number of rotatable bonds is 2. The van der Waals surface area contributed by atoms with E-state index in [9.17, 15) is 9.90 Å². The predicted octanol–water partition coefficient (Wildman–Crippen LogP) is 2.55. The minimum atomic E-state index is -0.571. The first kappa shape index (κ1) is 11.6. The van der Waals surface area contributed by atoms with Crippen LogP contribution in [0.3, 0.4) is 0 Å². The molecular formula is C12H11NO3S. The Morgan fingerprint density at radius 3 is 2.94 bits per heavy atom. The normalized spacial score (nSPS) is 17.5. The van der Waals surface area contributed by atoms with E-state index in [0.717, 1.165) is 4.88 Å². The lowest BCUT2D eigenvalue weighted by atomic mass is 10.1. The van der Waals surface area contributed by atoms with Gasteiger partial charge in [0.25, 0.3) is 0 Å². The van der Waals surface area contributed by atoms with Gasteiger partial charge in [0.15, 0.2) is 5.76 Å². The molecule has 0 aromatic carbocycles. The minimum absolute atomic E-state index is 0.122. The number of hydrogen-bond acceptors (Lipinski definition) is 5. The largest absolute Gasteiger partial charge is 0.505 e. The summed E-state index contributed by atoms with van der Waals surface area (Å²) in [5.74, 6) is -0.693. The van der Waals surface area contributed by atoms with Crippen molar-refractivity contribution in [2.75, 3.05) is 7.11 Å². The number of nitrogens with zero attached hydrogens (tertiary/aromatic N) is 1. The molecule has 0 amide bonds. The molecule has 0 radical (unpaired) electrons. The Balaban J connectivity index is 2.41. The summed E-state index contributed by atoms with van der Waals surface area (Å²) in [6, 6.07) is 3.82. The molecule has 0 unspecified atom stereocenters. The first-order chi connectivity index (χ1) is 8.13. The summed E-state index contributed by atoms with van der Waals surface area (Å²) in [6.07, 6.45) is 1.74. The number of aliphatic hydroxyl groups is 1. The summed E-state index contributed by atoms with van der Waals surface area (Å²) in [5, 5.41) is 11.9. The highest BCUT2D eigenvalue weighted by Gasteiger charge is 2.27. The van der Waals surface area contributed by atoms with E-state index in [1.807, 2.05) is 17.5 Å². The van der Waals surface area contributed by atoms with Gasteiger partial charge in [0.2, 0.25) is 0 Å². The smallest absolute Gasteiger partial charge is 0.343 e. The van der Waals surface area contributed by atoms with Gasteiger partial charge in [0.05, 0.1) is 12.8 Å². The molecule has 2 heterocycles. The van der Waals surface area contributed by atoms with E-state index < -0.39 is 5.97 Å². The van der Waals surface area contributed by atoms with E-state index in [1.54, 1.807) is 13.0 Å². The van der Waals surface area contributed by atoms with Crippen molar-refractivity contribution in [1.29, 1.82) is 0 Å². The molecule has 2 rings (SSSR count). The first-order valence-electron chi connectivity index (χ1n) is 4.96. The third-order valence-electron chi connectivity index (χ3n) is 2.34. The van der Waals surface area contributed by atoms with E-state index in [-0.39, 0.29) is 11.3 Å². The Hall–Kier alpha value is -1.88. The fraction of sp³-hybridized carbons (Fsp3) is 0.167. The van der Waals surface area contributed by atoms with Crippen LogP contribution in [0.15, 0.2) is 39.5 Å². The Labute approximate surface area is 103 Å². The van der Waals surface area contributed by atoms with Gasteiger partial charge in [0, 0.05) is 4.88 Å². The zero-order valence-electron chi connectivity index (χ0n) is 9.43. The van der Waals surface area contributed by atoms with E-state index in [4.69, 9.17) is 0 Å². The highest BCUT2D eigenvalue weighted by atomic mass is 32.1. The maximum absolute atomic E-state index is 11.4. The van der Waals surface area contributed by atoms with Crippen LogP contribution in [-0.4, -0.2) is 23.9 Å². The van der Waals surface area contributed by atoms with Gasteiger partial charge in [-0.3, -0.25) is 0 Å². The molecule has 1 aromatic rings. The quantitative estimate of drug-likeness (QED) is 0.819. The molecule has 0 saturated heterocycles. The summed E-state index contributed by atoms with van der Waals surface area (Å²) in [5.41, 5.74) is 0.998. The minimum Gasteiger partial charge on any atom is -0.505 e. The number of hydrogen-bond donors (Lipinski definition) is 1. The van der Waals surface area contributed by atoms with Gasteiger partial charge in [-0.1, -0.05) is 6.07 Å². The molecule has 1 aromatic heterocycles. The standard InChI is InChI=1S/C12H11NO3S/c1-7-10(12(15)16-2)11(14)9(13-7)6-8-4-3-5-17-8/h3-6,14H,1-2H3. The van der Waals surface area contributed by atoms with Crippen LogP contribution in [0.25, 0.3) is 6.08 Å². The second-order valence-corrected chi connectivity index (χ2v) is 4.44. The number of carbonyl (C=O) groups is 1.